The highest BCUT2D eigenvalue weighted by Gasteiger charge is 2.00. The van der Waals surface area contributed by atoms with Crippen molar-refractivity contribution in [3.8, 4) is 5.75 Å². The highest BCUT2D eigenvalue weighted by Crippen LogP contribution is 2.21. The zero-order valence-corrected chi connectivity index (χ0v) is 10.3. The normalized spacial score (nSPS) is 10.2. The molecule has 0 aliphatic heterocycles. The van der Waals surface area contributed by atoms with Crippen molar-refractivity contribution in [2.24, 2.45) is 0 Å². The van der Waals surface area contributed by atoms with Crippen molar-refractivity contribution >= 4 is 17.3 Å². The number of hydrogen-bond acceptors (Lipinski definition) is 2. The first kappa shape index (κ1) is 11.8. The standard InChI is InChI=1S/C14H14ClNO/c1-10-8-12(6-7-14(10)17)16-9-11-4-2-3-5-13(11)15/h2-8,16-17H,9H2,1H3. The number of aryl methyl sites for hydroxylation is 1. The van der Waals surface area contributed by atoms with Crippen molar-refractivity contribution < 1.29 is 5.11 Å². The van der Waals surface area contributed by atoms with Crippen LogP contribution in [0.15, 0.2) is 42.5 Å². The fraction of sp³-hybridized carbons (Fsp3) is 0.143. The van der Waals surface area contributed by atoms with Gasteiger partial charge in [-0.05, 0) is 42.3 Å². The lowest BCUT2D eigenvalue weighted by atomic mass is 10.2. The molecule has 0 bridgehead atoms. The summed E-state index contributed by atoms with van der Waals surface area (Å²) in [6.07, 6.45) is 0. The number of phenolic OH excluding ortho intramolecular Hbond substituents is 1. The van der Waals surface area contributed by atoms with Crippen LogP contribution in [0.5, 0.6) is 5.75 Å². The van der Waals surface area contributed by atoms with E-state index in [-0.39, 0.29) is 0 Å². The molecule has 0 spiro atoms. The van der Waals surface area contributed by atoms with Gasteiger partial charge in [0.25, 0.3) is 0 Å². The number of anilines is 1. The minimum Gasteiger partial charge on any atom is -0.508 e. The topological polar surface area (TPSA) is 32.3 Å². The summed E-state index contributed by atoms with van der Waals surface area (Å²) in [6, 6.07) is 13.2. The minimum absolute atomic E-state index is 0.313. The number of phenols is 1. The van der Waals surface area contributed by atoms with Gasteiger partial charge in [0.05, 0.1) is 0 Å². The summed E-state index contributed by atoms with van der Waals surface area (Å²) in [4.78, 5) is 0. The molecule has 2 N–H and O–H groups in total. The molecule has 0 atom stereocenters. The molecule has 2 rings (SSSR count). The first-order valence-corrected chi connectivity index (χ1v) is 5.81. The SMILES string of the molecule is Cc1cc(NCc2ccccc2Cl)ccc1O. The second-order valence-corrected chi connectivity index (χ2v) is 4.35. The van der Waals surface area contributed by atoms with E-state index >= 15 is 0 Å². The monoisotopic (exact) mass is 247 g/mol. The Morgan fingerprint density at radius 3 is 2.65 bits per heavy atom. The van der Waals surface area contributed by atoms with Gasteiger partial charge in [-0.2, -0.15) is 0 Å². The molecule has 0 heterocycles. The predicted molar refractivity (Wildman–Crippen MR) is 71.6 cm³/mol. The van der Waals surface area contributed by atoms with E-state index in [1.54, 1.807) is 6.07 Å². The third-order valence-electron chi connectivity index (χ3n) is 2.64. The summed E-state index contributed by atoms with van der Waals surface area (Å²) in [5, 5.41) is 13.5. The number of rotatable bonds is 3. The van der Waals surface area contributed by atoms with Crippen LogP contribution < -0.4 is 5.32 Å². The fourth-order valence-electron chi connectivity index (χ4n) is 1.60. The zero-order chi connectivity index (χ0) is 12.3. The summed E-state index contributed by atoms with van der Waals surface area (Å²) in [5.41, 5.74) is 2.88. The van der Waals surface area contributed by atoms with Crippen LogP contribution in [0.2, 0.25) is 5.02 Å². The maximum atomic E-state index is 9.42. The fourth-order valence-corrected chi connectivity index (χ4v) is 1.81. The Morgan fingerprint density at radius 1 is 1.18 bits per heavy atom. The lowest BCUT2D eigenvalue weighted by molar-refractivity contribution is 0.471. The molecule has 0 radical (unpaired) electrons. The Labute approximate surface area is 106 Å². The van der Waals surface area contributed by atoms with Crippen molar-refractivity contribution in [2.75, 3.05) is 5.32 Å². The van der Waals surface area contributed by atoms with Crippen LogP contribution in [0, 0.1) is 6.92 Å². The molecule has 2 aromatic carbocycles. The highest BCUT2D eigenvalue weighted by molar-refractivity contribution is 6.31. The number of hydrogen-bond donors (Lipinski definition) is 2. The average molecular weight is 248 g/mol. The van der Waals surface area contributed by atoms with E-state index in [1.165, 1.54) is 0 Å². The summed E-state index contributed by atoms with van der Waals surface area (Å²) in [6.45, 7) is 2.54. The average Bonchev–Trinajstić information content (AvgIpc) is 2.32. The molecule has 2 nitrogen and oxygen atoms in total. The second-order valence-electron chi connectivity index (χ2n) is 3.95. The van der Waals surface area contributed by atoms with E-state index in [2.05, 4.69) is 5.32 Å². The zero-order valence-electron chi connectivity index (χ0n) is 9.57. The van der Waals surface area contributed by atoms with Crippen LogP contribution >= 0.6 is 11.6 Å². The van der Waals surface area contributed by atoms with Gasteiger partial charge in [0.15, 0.2) is 0 Å². The smallest absolute Gasteiger partial charge is 0.118 e. The van der Waals surface area contributed by atoms with Crippen molar-refractivity contribution in [3.05, 3.63) is 58.6 Å². The van der Waals surface area contributed by atoms with E-state index in [0.717, 1.165) is 21.8 Å². The van der Waals surface area contributed by atoms with Gasteiger partial charge in [-0.1, -0.05) is 29.8 Å². The van der Waals surface area contributed by atoms with E-state index in [1.807, 2.05) is 43.3 Å². The highest BCUT2D eigenvalue weighted by atomic mass is 35.5. The predicted octanol–water partition coefficient (Wildman–Crippen LogP) is 3.97. The van der Waals surface area contributed by atoms with Gasteiger partial charge in [0.1, 0.15) is 5.75 Å². The van der Waals surface area contributed by atoms with Crippen LogP contribution in [0.25, 0.3) is 0 Å². The molecule has 0 fully saturated rings. The van der Waals surface area contributed by atoms with Crippen LogP contribution in [0.3, 0.4) is 0 Å². The molecule has 0 aliphatic carbocycles. The van der Waals surface area contributed by atoms with Gasteiger partial charge in [0.2, 0.25) is 0 Å². The first-order valence-electron chi connectivity index (χ1n) is 5.44. The van der Waals surface area contributed by atoms with Gasteiger partial charge in [-0.15, -0.1) is 0 Å². The van der Waals surface area contributed by atoms with E-state index in [0.29, 0.717) is 12.3 Å². The molecule has 17 heavy (non-hydrogen) atoms. The van der Waals surface area contributed by atoms with Crippen molar-refractivity contribution in [1.82, 2.24) is 0 Å². The van der Waals surface area contributed by atoms with Crippen LogP contribution in [-0.2, 0) is 6.54 Å². The molecule has 0 aromatic heterocycles. The van der Waals surface area contributed by atoms with Gasteiger partial charge in [-0.25, -0.2) is 0 Å². The Balaban J connectivity index is 2.08. The third-order valence-corrected chi connectivity index (χ3v) is 3.01. The molecule has 0 saturated heterocycles. The van der Waals surface area contributed by atoms with Crippen molar-refractivity contribution in [3.63, 3.8) is 0 Å². The van der Waals surface area contributed by atoms with Crippen LogP contribution in [0.1, 0.15) is 11.1 Å². The van der Waals surface area contributed by atoms with Crippen LogP contribution in [-0.4, -0.2) is 5.11 Å². The molecular formula is C14H14ClNO. The molecule has 0 saturated carbocycles. The number of halogens is 1. The number of benzene rings is 2. The molecule has 0 unspecified atom stereocenters. The lowest BCUT2D eigenvalue weighted by Crippen LogP contribution is -1.99. The lowest BCUT2D eigenvalue weighted by Gasteiger charge is -2.09. The third kappa shape index (κ3) is 2.92. The van der Waals surface area contributed by atoms with E-state index in [4.69, 9.17) is 11.6 Å². The van der Waals surface area contributed by atoms with Gasteiger partial charge < -0.3 is 10.4 Å². The molecule has 2 aromatic rings. The van der Waals surface area contributed by atoms with Gasteiger partial charge in [-0.3, -0.25) is 0 Å². The Morgan fingerprint density at radius 2 is 1.94 bits per heavy atom. The maximum absolute atomic E-state index is 9.42. The summed E-state index contributed by atoms with van der Waals surface area (Å²) < 4.78 is 0. The number of nitrogens with one attached hydrogen (secondary N) is 1. The molecule has 88 valence electrons. The summed E-state index contributed by atoms with van der Waals surface area (Å²) >= 11 is 6.07. The maximum Gasteiger partial charge on any atom is 0.118 e. The summed E-state index contributed by atoms with van der Waals surface area (Å²) in [5.74, 6) is 0.313. The number of aromatic hydroxyl groups is 1. The van der Waals surface area contributed by atoms with E-state index < -0.39 is 0 Å². The van der Waals surface area contributed by atoms with E-state index in [9.17, 15) is 5.11 Å². The first-order chi connectivity index (χ1) is 8.16. The largest absolute Gasteiger partial charge is 0.508 e. The quantitative estimate of drug-likeness (QED) is 0.805. The van der Waals surface area contributed by atoms with Crippen LogP contribution in [0.4, 0.5) is 5.69 Å². The van der Waals surface area contributed by atoms with Gasteiger partial charge >= 0.3 is 0 Å². The van der Waals surface area contributed by atoms with Crippen molar-refractivity contribution in [2.45, 2.75) is 13.5 Å². The molecule has 0 amide bonds. The molecule has 3 heteroatoms. The second kappa shape index (κ2) is 5.11. The summed E-state index contributed by atoms with van der Waals surface area (Å²) in [7, 11) is 0. The Bertz CT molecular complexity index is 525. The molecular weight excluding hydrogens is 234 g/mol. The van der Waals surface area contributed by atoms with Gasteiger partial charge in [0, 0.05) is 17.3 Å². The Hall–Kier alpha value is -1.67. The minimum atomic E-state index is 0.313. The molecule has 0 aliphatic rings. The van der Waals surface area contributed by atoms with Crippen molar-refractivity contribution in [1.29, 1.82) is 0 Å². The Kier molecular flexibility index (Phi) is 3.55.